The fraction of sp³-hybridized carbons (Fsp3) is 1.00. The summed E-state index contributed by atoms with van der Waals surface area (Å²) in [6.07, 6.45) is 3.47. The van der Waals surface area contributed by atoms with Crippen LogP contribution < -0.4 is 0 Å². The van der Waals surface area contributed by atoms with Crippen molar-refractivity contribution in [2.24, 2.45) is 0 Å². The van der Waals surface area contributed by atoms with E-state index in [4.69, 9.17) is 0 Å². The van der Waals surface area contributed by atoms with Crippen LogP contribution in [0.2, 0.25) is 0 Å². The highest BCUT2D eigenvalue weighted by atomic mass is 31.2. The Balaban J connectivity index is 3.81. The molecule has 68 valence electrons. The van der Waals surface area contributed by atoms with Gasteiger partial charge in [-0.2, -0.15) is 0 Å². The third-order valence-electron chi connectivity index (χ3n) is 2.12. The lowest BCUT2D eigenvalue weighted by atomic mass is 10.2. The Morgan fingerprint density at radius 2 is 2.00 bits per heavy atom. The van der Waals surface area contributed by atoms with Gasteiger partial charge in [0.2, 0.25) is 7.37 Å². The lowest BCUT2D eigenvalue weighted by molar-refractivity contribution is 0.460. The van der Waals surface area contributed by atoms with Crippen molar-refractivity contribution in [2.45, 2.75) is 45.7 Å². The molecule has 0 heterocycles. The second-order valence-corrected chi connectivity index (χ2v) is 6.09. The van der Waals surface area contributed by atoms with E-state index in [0.29, 0.717) is 6.16 Å². The van der Waals surface area contributed by atoms with E-state index >= 15 is 0 Å². The van der Waals surface area contributed by atoms with Crippen molar-refractivity contribution in [1.82, 2.24) is 0 Å². The van der Waals surface area contributed by atoms with Gasteiger partial charge in [-0.25, -0.2) is 0 Å². The summed E-state index contributed by atoms with van der Waals surface area (Å²) in [5, 5.41) is 0. The van der Waals surface area contributed by atoms with Gasteiger partial charge in [0.15, 0.2) is 0 Å². The molecule has 0 amide bonds. The first kappa shape index (κ1) is 11.2. The molecule has 0 saturated heterocycles. The molecule has 2 nitrogen and oxygen atoms in total. The topological polar surface area (TPSA) is 37.3 Å². The molecule has 0 aliphatic rings. The Kier molecular flexibility index (Phi) is 5.03. The number of hydrogen-bond donors (Lipinski definition) is 1. The summed E-state index contributed by atoms with van der Waals surface area (Å²) in [4.78, 5) is 9.37. The van der Waals surface area contributed by atoms with Crippen molar-refractivity contribution in [3.63, 3.8) is 0 Å². The molecule has 3 heteroatoms. The molecule has 0 aromatic rings. The highest BCUT2D eigenvalue weighted by Gasteiger charge is 2.23. The van der Waals surface area contributed by atoms with Crippen molar-refractivity contribution in [3.05, 3.63) is 0 Å². The van der Waals surface area contributed by atoms with E-state index in [1.54, 1.807) is 6.92 Å². The zero-order valence-corrected chi connectivity index (χ0v) is 8.60. The van der Waals surface area contributed by atoms with Crippen LogP contribution in [0.4, 0.5) is 0 Å². The van der Waals surface area contributed by atoms with Crippen molar-refractivity contribution in [3.8, 4) is 0 Å². The molecule has 0 radical (unpaired) electrons. The Labute approximate surface area is 69.5 Å². The lowest BCUT2D eigenvalue weighted by Crippen LogP contribution is -2.04. The van der Waals surface area contributed by atoms with Gasteiger partial charge in [-0.05, 0) is 6.42 Å². The van der Waals surface area contributed by atoms with Gasteiger partial charge < -0.3 is 4.89 Å². The average Bonchev–Trinajstić information content (AvgIpc) is 2.00. The second kappa shape index (κ2) is 4.95. The predicted octanol–water partition coefficient (Wildman–Crippen LogP) is 2.86. The van der Waals surface area contributed by atoms with Gasteiger partial charge in [-0.15, -0.1) is 0 Å². The quantitative estimate of drug-likeness (QED) is 0.657. The number of hydrogen-bond acceptors (Lipinski definition) is 1. The van der Waals surface area contributed by atoms with Crippen LogP contribution in [-0.4, -0.2) is 16.7 Å². The molecular formula is C8H19O2P. The first-order chi connectivity index (χ1) is 5.04. The van der Waals surface area contributed by atoms with Crippen molar-refractivity contribution < 1.29 is 9.46 Å². The summed E-state index contributed by atoms with van der Waals surface area (Å²) >= 11 is 0. The second-order valence-electron chi connectivity index (χ2n) is 3.06. The Hall–Kier alpha value is 0.190. The average molecular weight is 178 g/mol. The van der Waals surface area contributed by atoms with E-state index in [1.807, 2.05) is 6.92 Å². The molecular weight excluding hydrogens is 159 g/mol. The summed E-state index contributed by atoms with van der Waals surface area (Å²) in [6, 6.07) is 0. The van der Waals surface area contributed by atoms with Crippen molar-refractivity contribution >= 4 is 7.37 Å². The minimum absolute atomic E-state index is 0.00699. The van der Waals surface area contributed by atoms with E-state index in [0.717, 1.165) is 19.3 Å². The molecule has 0 saturated carbocycles. The molecule has 1 N–H and O–H groups in total. The van der Waals surface area contributed by atoms with E-state index in [2.05, 4.69) is 6.92 Å². The van der Waals surface area contributed by atoms with Gasteiger partial charge in [0.25, 0.3) is 0 Å². The smallest absolute Gasteiger partial charge is 0.203 e. The summed E-state index contributed by atoms with van der Waals surface area (Å²) in [6.45, 7) is 5.75. The van der Waals surface area contributed by atoms with Crippen LogP contribution in [-0.2, 0) is 4.57 Å². The van der Waals surface area contributed by atoms with Crippen LogP contribution in [0.15, 0.2) is 0 Å². The summed E-state index contributed by atoms with van der Waals surface area (Å²) in [5.74, 6) is 0. The van der Waals surface area contributed by atoms with E-state index in [1.165, 1.54) is 0 Å². The van der Waals surface area contributed by atoms with Gasteiger partial charge in [0.05, 0.1) is 0 Å². The van der Waals surface area contributed by atoms with Gasteiger partial charge >= 0.3 is 0 Å². The largest absolute Gasteiger partial charge is 0.344 e. The maximum absolute atomic E-state index is 11.3. The van der Waals surface area contributed by atoms with Gasteiger partial charge in [-0.1, -0.05) is 33.6 Å². The highest BCUT2D eigenvalue weighted by molar-refractivity contribution is 7.58. The maximum atomic E-state index is 11.3. The van der Waals surface area contributed by atoms with Crippen LogP contribution in [0.5, 0.6) is 0 Å². The third-order valence-corrected chi connectivity index (χ3v) is 4.66. The zero-order valence-electron chi connectivity index (χ0n) is 7.71. The van der Waals surface area contributed by atoms with Crippen LogP contribution in [0.3, 0.4) is 0 Å². The van der Waals surface area contributed by atoms with Gasteiger partial charge in [-0.3, -0.25) is 4.57 Å². The van der Waals surface area contributed by atoms with E-state index < -0.39 is 7.37 Å². The summed E-state index contributed by atoms with van der Waals surface area (Å²) in [7, 11) is -2.79. The normalized spacial score (nSPS) is 19.3. The number of unbranched alkanes of at least 4 members (excludes halogenated alkanes) is 1. The molecule has 0 spiro atoms. The van der Waals surface area contributed by atoms with Crippen LogP contribution in [0, 0.1) is 0 Å². The Morgan fingerprint density at radius 3 is 2.36 bits per heavy atom. The Morgan fingerprint density at radius 1 is 1.45 bits per heavy atom. The van der Waals surface area contributed by atoms with E-state index in [-0.39, 0.29) is 5.66 Å². The highest BCUT2D eigenvalue weighted by Crippen LogP contribution is 2.47. The van der Waals surface area contributed by atoms with Crippen LogP contribution in [0.25, 0.3) is 0 Å². The van der Waals surface area contributed by atoms with Crippen molar-refractivity contribution in [1.29, 1.82) is 0 Å². The predicted molar refractivity (Wildman–Crippen MR) is 49.4 cm³/mol. The monoisotopic (exact) mass is 178 g/mol. The minimum atomic E-state index is -2.79. The zero-order chi connectivity index (χ0) is 8.91. The molecule has 0 bridgehead atoms. The van der Waals surface area contributed by atoms with Crippen LogP contribution in [0.1, 0.15) is 40.0 Å². The minimum Gasteiger partial charge on any atom is -0.344 e. The molecule has 0 aromatic carbocycles. The first-order valence-corrected chi connectivity index (χ1v) is 6.27. The summed E-state index contributed by atoms with van der Waals surface area (Å²) in [5.41, 5.74) is -0.00699. The standard InChI is InChI=1S/C8H19O2P/c1-4-6-7-8(3)11(9,10)5-2/h8H,4-7H2,1-3H3,(H,9,10). The summed E-state index contributed by atoms with van der Waals surface area (Å²) < 4.78 is 11.3. The fourth-order valence-corrected chi connectivity index (χ4v) is 2.22. The molecule has 0 rings (SSSR count). The molecule has 2 atom stereocenters. The maximum Gasteiger partial charge on any atom is 0.203 e. The number of rotatable bonds is 5. The van der Waals surface area contributed by atoms with E-state index in [9.17, 15) is 9.46 Å². The molecule has 0 fully saturated rings. The molecule has 11 heavy (non-hydrogen) atoms. The van der Waals surface area contributed by atoms with Crippen molar-refractivity contribution in [2.75, 3.05) is 6.16 Å². The fourth-order valence-electron chi connectivity index (χ4n) is 1.01. The van der Waals surface area contributed by atoms with Gasteiger partial charge in [0, 0.05) is 11.8 Å². The molecule has 2 unspecified atom stereocenters. The van der Waals surface area contributed by atoms with Crippen LogP contribution >= 0.6 is 7.37 Å². The first-order valence-electron chi connectivity index (χ1n) is 4.36. The SMILES string of the molecule is CCCCC(C)P(=O)(O)CC. The molecule has 0 aliphatic heterocycles. The molecule has 0 aliphatic carbocycles. The third kappa shape index (κ3) is 3.93. The Bertz CT molecular complexity index is 145. The van der Waals surface area contributed by atoms with Gasteiger partial charge in [0.1, 0.15) is 0 Å². The molecule has 0 aromatic heterocycles. The lowest BCUT2D eigenvalue weighted by Gasteiger charge is -2.16.